The first kappa shape index (κ1) is 23.9. The summed E-state index contributed by atoms with van der Waals surface area (Å²) in [6.45, 7) is 11.3. The molecule has 7 heteroatoms. The van der Waals surface area contributed by atoms with Gasteiger partial charge in [0.1, 0.15) is 16.8 Å². The average Bonchev–Trinajstić information content (AvgIpc) is 2.64. The van der Waals surface area contributed by atoms with Crippen LogP contribution in [0.1, 0.15) is 49.3 Å². The quantitative estimate of drug-likeness (QED) is 0.339. The molecule has 1 aromatic heterocycles. The van der Waals surface area contributed by atoms with Crippen molar-refractivity contribution < 1.29 is 13.2 Å². The average molecular weight is 441 g/mol. The lowest BCUT2D eigenvalue weighted by Crippen LogP contribution is -2.40. The Balaban J connectivity index is 2.27. The van der Waals surface area contributed by atoms with Crippen LogP contribution in [-0.4, -0.2) is 19.8 Å². The molecule has 0 fully saturated rings. The Kier molecular flexibility index (Phi) is 8.76. The maximum atomic E-state index is 13.5. The fourth-order valence-corrected chi connectivity index (χ4v) is 6.96. The van der Waals surface area contributed by atoms with Gasteiger partial charge in [-0.1, -0.05) is 32.4 Å². The van der Waals surface area contributed by atoms with Crippen LogP contribution in [0.2, 0.25) is 23.3 Å². The van der Waals surface area contributed by atoms with E-state index in [0.717, 1.165) is 41.0 Å². The second kappa shape index (κ2) is 10.6. The summed E-state index contributed by atoms with van der Waals surface area (Å²) >= 11 is 6.52. The first-order chi connectivity index (χ1) is 13.7. The van der Waals surface area contributed by atoms with Crippen LogP contribution in [0.4, 0.5) is 8.78 Å². The van der Waals surface area contributed by atoms with Crippen LogP contribution in [0.5, 0.6) is 0 Å². The van der Waals surface area contributed by atoms with Crippen molar-refractivity contribution in [3.63, 3.8) is 0 Å². The van der Waals surface area contributed by atoms with Gasteiger partial charge < -0.3 is 9.74 Å². The zero-order valence-corrected chi connectivity index (χ0v) is 19.7. The minimum absolute atomic E-state index is 0.263. The summed E-state index contributed by atoms with van der Waals surface area (Å²) in [6, 6.07) is 8.60. The summed E-state index contributed by atoms with van der Waals surface area (Å²) < 4.78 is 33.7. The van der Waals surface area contributed by atoms with Crippen molar-refractivity contribution in [2.45, 2.75) is 65.4 Å². The Bertz CT molecular complexity index is 779. The third kappa shape index (κ3) is 6.32. The zero-order chi connectivity index (χ0) is 21.6. The van der Waals surface area contributed by atoms with E-state index < -0.39 is 20.0 Å². The van der Waals surface area contributed by atoms with Crippen LogP contribution in [0.3, 0.4) is 0 Å². The van der Waals surface area contributed by atoms with Crippen molar-refractivity contribution in [1.29, 1.82) is 0 Å². The summed E-state index contributed by atoms with van der Waals surface area (Å²) in [5.74, 6) is -1.16. The number of hydrogen-bond acceptors (Lipinski definition) is 3. The summed E-state index contributed by atoms with van der Waals surface area (Å²) in [6.07, 6.45) is -0.263. The van der Waals surface area contributed by atoms with Crippen LogP contribution in [0, 0.1) is 25.5 Å². The van der Waals surface area contributed by atoms with Crippen molar-refractivity contribution in [2.24, 2.45) is 0 Å². The molecule has 0 saturated carbocycles. The fraction of sp³-hybridized carbons (Fsp3) is 0.500. The standard InChI is InChI=1S/C22H31ClF2N2OSi/c1-6-29(7-2,8-3)28-20(21-15(4)9-16(5)27-22(21)23)14-26-13-17-10-18(24)12-19(25)11-17/h9-12,20,26H,6-8,13-14H2,1-5H3. The van der Waals surface area contributed by atoms with Crippen LogP contribution in [0.25, 0.3) is 0 Å². The Morgan fingerprint density at radius 2 is 1.62 bits per heavy atom. The number of halogens is 3. The van der Waals surface area contributed by atoms with E-state index in [0.29, 0.717) is 23.8 Å². The van der Waals surface area contributed by atoms with Gasteiger partial charge in [-0.05, 0) is 61.3 Å². The largest absolute Gasteiger partial charge is 0.409 e. The molecule has 0 aliphatic heterocycles. The van der Waals surface area contributed by atoms with Crippen LogP contribution >= 0.6 is 11.6 Å². The van der Waals surface area contributed by atoms with Crippen LogP contribution < -0.4 is 5.32 Å². The highest BCUT2D eigenvalue weighted by Crippen LogP contribution is 2.34. The van der Waals surface area contributed by atoms with Gasteiger partial charge in [-0.3, -0.25) is 0 Å². The second-order valence-corrected chi connectivity index (χ2v) is 12.6. The highest BCUT2D eigenvalue weighted by atomic mass is 35.5. The number of pyridine rings is 1. The summed E-state index contributed by atoms with van der Waals surface area (Å²) in [5.41, 5.74) is 3.35. The highest BCUT2D eigenvalue weighted by Gasteiger charge is 2.34. The third-order valence-corrected chi connectivity index (χ3v) is 10.5. The second-order valence-electron chi connectivity index (χ2n) is 7.54. The molecule has 1 heterocycles. The molecule has 3 nitrogen and oxygen atoms in total. The van der Waals surface area contributed by atoms with E-state index in [-0.39, 0.29) is 6.10 Å². The Morgan fingerprint density at radius 1 is 1.03 bits per heavy atom. The monoisotopic (exact) mass is 440 g/mol. The first-order valence-electron chi connectivity index (χ1n) is 10.2. The van der Waals surface area contributed by atoms with Gasteiger partial charge in [-0.25, -0.2) is 13.8 Å². The molecule has 160 valence electrons. The van der Waals surface area contributed by atoms with Gasteiger partial charge in [0.25, 0.3) is 0 Å². The van der Waals surface area contributed by atoms with Gasteiger partial charge in [0.2, 0.25) is 0 Å². The van der Waals surface area contributed by atoms with E-state index in [4.69, 9.17) is 16.0 Å². The molecule has 0 spiro atoms. The molecular formula is C22H31ClF2N2OSi. The van der Waals surface area contributed by atoms with E-state index in [2.05, 4.69) is 31.1 Å². The van der Waals surface area contributed by atoms with E-state index in [1.165, 1.54) is 12.1 Å². The smallest absolute Gasteiger partial charge is 0.192 e. The molecule has 2 aromatic rings. The van der Waals surface area contributed by atoms with Gasteiger partial charge in [0, 0.05) is 30.4 Å². The van der Waals surface area contributed by atoms with Crippen molar-refractivity contribution in [3.8, 4) is 0 Å². The maximum Gasteiger partial charge on any atom is 0.192 e. The number of benzene rings is 1. The number of aromatic nitrogens is 1. The fourth-order valence-electron chi connectivity index (χ4n) is 3.75. The number of aryl methyl sites for hydroxylation is 2. The zero-order valence-electron chi connectivity index (χ0n) is 17.9. The van der Waals surface area contributed by atoms with Crippen molar-refractivity contribution in [1.82, 2.24) is 10.3 Å². The minimum Gasteiger partial charge on any atom is -0.409 e. The Hall–Kier alpha value is -1.34. The molecule has 1 atom stereocenters. The molecule has 0 bridgehead atoms. The van der Waals surface area contributed by atoms with Gasteiger partial charge in [-0.15, -0.1) is 0 Å². The van der Waals surface area contributed by atoms with E-state index in [9.17, 15) is 8.78 Å². The van der Waals surface area contributed by atoms with Crippen LogP contribution in [-0.2, 0) is 11.0 Å². The molecule has 0 aliphatic carbocycles. The topological polar surface area (TPSA) is 34.1 Å². The van der Waals surface area contributed by atoms with Crippen molar-refractivity contribution in [2.75, 3.05) is 6.54 Å². The van der Waals surface area contributed by atoms with Gasteiger partial charge in [0.05, 0.1) is 6.10 Å². The van der Waals surface area contributed by atoms with Gasteiger partial charge in [-0.2, -0.15) is 0 Å². The van der Waals surface area contributed by atoms with Crippen molar-refractivity contribution >= 4 is 19.9 Å². The predicted molar refractivity (Wildman–Crippen MR) is 118 cm³/mol. The minimum atomic E-state index is -1.92. The summed E-state index contributed by atoms with van der Waals surface area (Å²) in [7, 11) is -1.92. The van der Waals surface area contributed by atoms with Gasteiger partial charge >= 0.3 is 0 Å². The molecule has 1 N–H and O–H groups in total. The summed E-state index contributed by atoms with van der Waals surface area (Å²) in [4.78, 5) is 4.43. The lowest BCUT2D eigenvalue weighted by Gasteiger charge is -2.34. The Labute approximate surface area is 179 Å². The SMILES string of the molecule is CC[Si](CC)(CC)OC(CNCc1cc(F)cc(F)c1)c1c(C)cc(C)nc1Cl. The summed E-state index contributed by atoms with van der Waals surface area (Å²) in [5, 5.41) is 3.75. The predicted octanol–water partition coefficient (Wildman–Crippen LogP) is 6.48. The molecule has 2 rings (SSSR count). The number of hydrogen-bond donors (Lipinski definition) is 1. The molecule has 1 unspecified atom stereocenters. The molecule has 29 heavy (non-hydrogen) atoms. The van der Waals surface area contributed by atoms with Crippen molar-refractivity contribution in [3.05, 3.63) is 63.4 Å². The molecular weight excluding hydrogens is 410 g/mol. The number of nitrogens with one attached hydrogen (secondary N) is 1. The van der Waals surface area contributed by atoms with Crippen LogP contribution in [0.15, 0.2) is 24.3 Å². The molecule has 0 amide bonds. The molecule has 0 saturated heterocycles. The molecule has 0 aliphatic rings. The molecule has 0 radical (unpaired) electrons. The van der Waals surface area contributed by atoms with E-state index in [1.54, 1.807) is 0 Å². The van der Waals surface area contributed by atoms with Gasteiger partial charge in [0.15, 0.2) is 8.32 Å². The lowest BCUT2D eigenvalue weighted by atomic mass is 10.1. The third-order valence-electron chi connectivity index (χ3n) is 5.58. The van der Waals surface area contributed by atoms with E-state index in [1.807, 2.05) is 19.9 Å². The molecule has 1 aromatic carbocycles. The normalized spacial score (nSPS) is 13.0. The maximum absolute atomic E-state index is 13.5. The highest BCUT2D eigenvalue weighted by molar-refractivity contribution is 6.73. The lowest BCUT2D eigenvalue weighted by molar-refractivity contribution is 0.185. The number of nitrogens with zero attached hydrogens (tertiary/aromatic N) is 1. The van der Waals surface area contributed by atoms with E-state index >= 15 is 0 Å². The Morgan fingerprint density at radius 3 is 2.14 bits per heavy atom. The first-order valence-corrected chi connectivity index (χ1v) is 13.1. The number of rotatable bonds is 10.